The molecule has 1 heterocycles. The Labute approximate surface area is 225 Å². The maximum Gasteiger partial charge on any atom is 0.416 e. The molecule has 0 radical (unpaired) electrons. The van der Waals surface area contributed by atoms with Crippen LogP contribution in [0.15, 0.2) is 95.6 Å². The number of benzene rings is 3. The number of hydrogen-bond donors (Lipinski definition) is 1. The molecule has 1 aromatic heterocycles. The molecule has 0 spiro atoms. The Morgan fingerprint density at radius 2 is 1.64 bits per heavy atom. The van der Waals surface area contributed by atoms with Gasteiger partial charge >= 0.3 is 6.18 Å². The highest BCUT2D eigenvalue weighted by Crippen LogP contribution is 2.31. The molecule has 6 nitrogen and oxygen atoms in total. The van der Waals surface area contributed by atoms with Gasteiger partial charge in [0.15, 0.2) is 18.1 Å². The Morgan fingerprint density at radius 1 is 0.846 bits per heavy atom. The number of nitrogens with one attached hydrogen (secondary N) is 1. The Kier molecular flexibility index (Phi) is 9.27. The summed E-state index contributed by atoms with van der Waals surface area (Å²) >= 11 is 0. The van der Waals surface area contributed by atoms with E-state index in [1.807, 2.05) is 49.4 Å². The fourth-order valence-corrected chi connectivity index (χ4v) is 4.04. The van der Waals surface area contributed by atoms with Crippen LogP contribution in [0.25, 0.3) is 0 Å². The SMILES string of the molecule is CCOc1cc(CN(Cc2ccccc2)Cc2ccco2)ccc1OCC(=O)Nc1cccc(C(F)(F)F)c1. The number of ether oxygens (including phenoxy) is 2. The molecule has 1 amide bonds. The molecule has 0 unspecified atom stereocenters. The van der Waals surface area contributed by atoms with Gasteiger partial charge in [-0.2, -0.15) is 13.2 Å². The molecule has 0 bridgehead atoms. The molecule has 39 heavy (non-hydrogen) atoms. The molecule has 4 rings (SSSR count). The van der Waals surface area contributed by atoms with Gasteiger partial charge in [-0.25, -0.2) is 0 Å². The normalized spacial score (nSPS) is 11.4. The van der Waals surface area contributed by atoms with Gasteiger partial charge in [-0.1, -0.05) is 42.5 Å². The molecule has 0 aliphatic rings. The number of carbonyl (C=O) groups excluding carboxylic acids is 1. The van der Waals surface area contributed by atoms with Gasteiger partial charge < -0.3 is 19.2 Å². The highest BCUT2D eigenvalue weighted by atomic mass is 19.4. The van der Waals surface area contributed by atoms with Crippen molar-refractivity contribution in [2.45, 2.75) is 32.7 Å². The lowest BCUT2D eigenvalue weighted by atomic mass is 10.1. The van der Waals surface area contributed by atoms with Crippen LogP contribution in [0.1, 0.15) is 29.4 Å². The fourth-order valence-electron chi connectivity index (χ4n) is 4.04. The van der Waals surface area contributed by atoms with Crippen molar-refractivity contribution in [3.63, 3.8) is 0 Å². The third kappa shape index (κ3) is 8.38. The van der Waals surface area contributed by atoms with Crippen molar-refractivity contribution in [1.29, 1.82) is 0 Å². The van der Waals surface area contributed by atoms with Gasteiger partial charge in [-0.05, 0) is 60.5 Å². The van der Waals surface area contributed by atoms with Crippen LogP contribution in [0.4, 0.5) is 18.9 Å². The molecule has 4 aromatic rings. The second kappa shape index (κ2) is 13.0. The summed E-state index contributed by atoms with van der Waals surface area (Å²) in [4.78, 5) is 14.6. The zero-order chi connectivity index (χ0) is 27.7. The van der Waals surface area contributed by atoms with Crippen molar-refractivity contribution in [3.8, 4) is 11.5 Å². The highest BCUT2D eigenvalue weighted by Gasteiger charge is 2.30. The third-order valence-electron chi connectivity index (χ3n) is 5.76. The Balaban J connectivity index is 1.42. The summed E-state index contributed by atoms with van der Waals surface area (Å²) < 4.78 is 55.8. The summed E-state index contributed by atoms with van der Waals surface area (Å²) in [6, 6.07) is 23.8. The molecular weight excluding hydrogens is 509 g/mol. The van der Waals surface area contributed by atoms with Gasteiger partial charge in [-0.15, -0.1) is 0 Å². The van der Waals surface area contributed by atoms with Crippen molar-refractivity contribution >= 4 is 11.6 Å². The van der Waals surface area contributed by atoms with Crippen LogP contribution in [0, 0.1) is 0 Å². The minimum atomic E-state index is -4.50. The van der Waals surface area contributed by atoms with Crippen LogP contribution in [-0.4, -0.2) is 24.0 Å². The molecule has 0 atom stereocenters. The van der Waals surface area contributed by atoms with Gasteiger partial charge in [0.05, 0.1) is 25.0 Å². The molecule has 1 N–H and O–H groups in total. The maximum atomic E-state index is 12.9. The van der Waals surface area contributed by atoms with E-state index in [1.54, 1.807) is 12.3 Å². The second-order valence-corrected chi connectivity index (χ2v) is 8.84. The van der Waals surface area contributed by atoms with Crippen molar-refractivity contribution in [2.24, 2.45) is 0 Å². The van der Waals surface area contributed by atoms with Crippen molar-refractivity contribution < 1.29 is 31.9 Å². The quantitative estimate of drug-likeness (QED) is 0.212. The summed E-state index contributed by atoms with van der Waals surface area (Å²) in [5, 5.41) is 2.44. The summed E-state index contributed by atoms with van der Waals surface area (Å²) in [6.45, 7) is 3.76. The number of rotatable bonds is 12. The van der Waals surface area contributed by atoms with Gasteiger partial charge in [0.2, 0.25) is 0 Å². The lowest BCUT2D eigenvalue weighted by Gasteiger charge is -2.22. The largest absolute Gasteiger partial charge is 0.490 e. The zero-order valence-electron chi connectivity index (χ0n) is 21.4. The van der Waals surface area contributed by atoms with Gasteiger partial charge in [0.1, 0.15) is 5.76 Å². The number of nitrogens with zero attached hydrogens (tertiary/aromatic N) is 1. The number of anilines is 1. The summed E-state index contributed by atoms with van der Waals surface area (Å²) in [5.41, 5.74) is 1.33. The number of carbonyl (C=O) groups is 1. The highest BCUT2D eigenvalue weighted by molar-refractivity contribution is 5.92. The summed E-state index contributed by atoms with van der Waals surface area (Å²) in [5.74, 6) is 1.09. The van der Waals surface area contributed by atoms with Gasteiger partial charge in [-0.3, -0.25) is 9.69 Å². The molecule has 3 aromatic carbocycles. The van der Waals surface area contributed by atoms with E-state index in [2.05, 4.69) is 22.3 Å². The van der Waals surface area contributed by atoms with Crippen LogP contribution in [-0.2, 0) is 30.6 Å². The van der Waals surface area contributed by atoms with E-state index in [4.69, 9.17) is 13.9 Å². The molecule has 0 aliphatic heterocycles. The fraction of sp³-hybridized carbons (Fsp3) is 0.233. The average molecular weight is 539 g/mol. The molecule has 204 valence electrons. The van der Waals surface area contributed by atoms with E-state index in [0.29, 0.717) is 37.7 Å². The monoisotopic (exact) mass is 538 g/mol. The first-order chi connectivity index (χ1) is 18.8. The molecule has 0 saturated heterocycles. The number of amides is 1. The summed E-state index contributed by atoms with van der Waals surface area (Å²) in [6.07, 6.45) is -2.85. The second-order valence-electron chi connectivity index (χ2n) is 8.84. The molecule has 0 saturated carbocycles. The first kappa shape index (κ1) is 27.8. The maximum absolute atomic E-state index is 12.9. The molecular formula is C30H29F3N2O4. The Morgan fingerprint density at radius 3 is 2.36 bits per heavy atom. The predicted molar refractivity (Wildman–Crippen MR) is 141 cm³/mol. The van der Waals surface area contributed by atoms with E-state index >= 15 is 0 Å². The molecule has 0 fully saturated rings. The topological polar surface area (TPSA) is 63.9 Å². The van der Waals surface area contributed by atoms with E-state index in [0.717, 1.165) is 23.5 Å². The van der Waals surface area contributed by atoms with E-state index in [1.165, 1.54) is 17.7 Å². The zero-order valence-corrected chi connectivity index (χ0v) is 21.4. The van der Waals surface area contributed by atoms with E-state index in [-0.39, 0.29) is 5.69 Å². The lowest BCUT2D eigenvalue weighted by Crippen LogP contribution is -2.22. The van der Waals surface area contributed by atoms with E-state index in [9.17, 15) is 18.0 Å². The minimum absolute atomic E-state index is 0.0360. The summed E-state index contributed by atoms with van der Waals surface area (Å²) in [7, 11) is 0. The standard InChI is InChI=1S/C30H29F3N2O4/c1-2-37-28-16-23(19-35(20-26-12-7-15-38-26)18-22-8-4-3-5-9-22)13-14-27(28)39-21-29(36)34-25-11-6-10-24(17-25)30(31,32)33/h3-17H,2,18-21H2,1H3,(H,34,36). The van der Waals surface area contributed by atoms with E-state index < -0.39 is 24.3 Å². The lowest BCUT2D eigenvalue weighted by molar-refractivity contribution is -0.137. The Hall–Kier alpha value is -4.24. The number of halogens is 3. The van der Waals surface area contributed by atoms with Crippen molar-refractivity contribution in [2.75, 3.05) is 18.5 Å². The van der Waals surface area contributed by atoms with Crippen LogP contribution in [0.2, 0.25) is 0 Å². The number of furan rings is 1. The number of hydrogen-bond acceptors (Lipinski definition) is 5. The Bertz CT molecular complexity index is 1340. The minimum Gasteiger partial charge on any atom is -0.490 e. The van der Waals surface area contributed by atoms with Gasteiger partial charge in [0, 0.05) is 18.8 Å². The molecule has 0 aliphatic carbocycles. The van der Waals surface area contributed by atoms with Crippen LogP contribution < -0.4 is 14.8 Å². The van der Waals surface area contributed by atoms with Crippen LogP contribution in [0.3, 0.4) is 0 Å². The molecule has 9 heteroatoms. The van der Waals surface area contributed by atoms with Crippen LogP contribution >= 0.6 is 0 Å². The predicted octanol–water partition coefficient (Wildman–Crippen LogP) is 6.92. The van der Waals surface area contributed by atoms with Crippen molar-refractivity contribution in [3.05, 3.63) is 114 Å². The van der Waals surface area contributed by atoms with Gasteiger partial charge in [0.25, 0.3) is 5.91 Å². The van der Waals surface area contributed by atoms with Crippen LogP contribution in [0.5, 0.6) is 11.5 Å². The first-order valence-electron chi connectivity index (χ1n) is 12.4. The number of alkyl halides is 3. The third-order valence-corrected chi connectivity index (χ3v) is 5.76. The first-order valence-corrected chi connectivity index (χ1v) is 12.4. The van der Waals surface area contributed by atoms with Crippen molar-refractivity contribution in [1.82, 2.24) is 4.90 Å². The average Bonchev–Trinajstić information content (AvgIpc) is 3.42. The smallest absolute Gasteiger partial charge is 0.416 e.